The largest absolute Gasteiger partial charge is 0.463 e. The molecule has 0 spiro atoms. The van der Waals surface area contributed by atoms with Gasteiger partial charge in [-0.15, -0.1) is 0 Å². The molecule has 1 saturated heterocycles. The monoisotopic (exact) mass is 474 g/mol. The zero-order valence-corrected chi connectivity index (χ0v) is 19.2. The SMILES string of the molecule is O=C(NCc1cccc(C(=O)N2CCCC2)c1)c1cc(-c2ccco2)n(-c2cccc(Cl)c2)n1. The highest BCUT2D eigenvalue weighted by molar-refractivity contribution is 6.30. The van der Waals surface area contributed by atoms with Gasteiger partial charge < -0.3 is 14.6 Å². The Bertz CT molecular complexity index is 1320. The van der Waals surface area contributed by atoms with E-state index in [0.29, 0.717) is 27.7 Å². The molecule has 2 aromatic heterocycles. The number of hydrogen-bond acceptors (Lipinski definition) is 4. The lowest BCUT2D eigenvalue weighted by atomic mass is 10.1. The molecule has 172 valence electrons. The van der Waals surface area contributed by atoms with Crippen LogP contribution in [0.2, 0.25) is 5.02 Å². The third-order valence-corrected chi connectivity index (χ3v) is 6.02. The third-order valence-electron chi connectivity index (χ3n) is 5.79. The minimum Gasteiger partial charge on any atom is -0.463 e. The maximum absolute atomic E-state index is 13.0. The zero-order valence-electron chi connectivity index (χ0n) is 18.4. The van der Waals surface area contributed by atoms with Crippen LogP contribution < -0.4 is 5.32 Å². The van der Waals surface area contributed by atoms with Crippen LogP contribution in [0.3, 0.4) is 0 Å². The van der Waals surface area contributed by atoms with E-state index in [1.807, 2.05) is 47.4 Å². The van der Waals surface area contributed by atoms with Gasteiger partial charge in [0.2, 0.25) is 0 Å². The number of furan rings is 1. The Kier molecular flexibility index (Phi) is 6.18. The zero-order chi connectivity index (χ0) is 23.5. The molecule has 34 heavy (non-hydrogen) atoms. The van der Waals surface area contributed by atoms with Crippen LogP contribution in [0.15, 0.2) is 77.4 Å². The van der Waals surface area contributed by atoms with Crippen LogP contribution in [0.25, 0.3) is 17.1 Å². The summed E-state index contributed by atoms with van der Waals surface area (Å²) in [5.74, 6) is 0.290. The molecule has 5 rings (SSSR count). The van der Waals surface area contributed by atoms with E-state index in [-0.39, 0.29) is 24.1 Å². The molecule has 0 atom stereocenters. The Morgan fingerprint density at radius 3 is 2.59 bits per heavy atom. The lowest BCUT2D eigenvalue weighted by Crippen LogP contribution is -2.28. The van der Waals surface area contributed by atoms with Crippen molar-refractivity contribution in [2.45, 2.75) is 19.4 Å². The quantitative estimate of drug-likeness (QED) is 0.428. The van der Waals surface area contributed by atoms with Gasteiger partial charge in [0, 0.05) is 36.3 Å². The Hall–Kier alpha value is -3.84. The van der Waals surface area contributed by atoms with Gasteiger partial charge in [-0.1, -0.05) is 29.8 Å². The Balaban J connectivity index is 1.35. The smallest absolute Gasteiger partial charge is 0.272 e. The average Bonchev–Trinajstić information content (AvgIpc) is 3.63. The number of hydrogen-bond donors (Lipinski definition) is 1. The van der Waals surface area contributed by atoms with Crippen molar-refractivity contribution >= 4 is 23.4 Å². The Morgan fingerprint density at radius 1 is 1.00 bits per heavy atom. The molecule has 0 aliphatic carbocycles. The number of nitrogens with one attached hydrogen (secondary N) is 1. The first-order valence-electron chi connectivity index (χ1n) is 11.1. The van der Waals surface area contributed by atoms with Crippen LogP contribution in [0, 0.1) is 0 Å². The number of carbonyl (C=O) groups excluding carboxylic acids is 2. The van der Waals surface area contributed by atoms with E-state index in [9.17, 15) is 9.59 Å². The van der Waals surface area contributed by atoms with Crippen LogP contribution in [0.5, 0.6) is 0 Å². The molecule has 1 aliphatic rings. The molecule has 2 aromatic carbocycles. The first-order valence-corrected chi connectivity index (χ1v) is 11.5. The molecule has 2 amide bonds. The minimum atomic E-state index is -0.329. The fraction of sp³-hybridized carbons (Fsp3) is 0.192. The van der Waals surface area contributed by atoms with Gasteiger partial charge in [-0.3, -0.25) is 9.59 Å². The maximum Gasteiger partial charge on any atom is 0.272 e. The van der Waals surface area contributed by atoms with Crippen molar-refractivity contribution in [3.63, 3.8) is 0 Å². The van der Waals surface area contributed by atoms with Gasteiger partial charge in [-0.2, -0.15) is 5.10 Å². The molecule has 1 fully saturated rings. The second-order valence-electron chi connectivity index (χ2n) is 8.17. The van der Waals surface area contributed by atoms with Gasteiger partial charge in [0.25, 0.3) is 11.8 Å². The molecule has 4 aromatic rings. The molecule has 0 bridgehead atoms. The predicted molar refractivity (Wildman–Crippen MR) is 129 cm³/mol. The van der Waals surface area contributed by atoms with E-state index in [4.69, 9.17) is 16.0 Å². The first kappa shape index (κ1) is 22.0. The summed E-state index contributed by atoms with van der Waals surface area (Å²) in [6.07, 6.45) is 3.66. The second kappa shape index (κ2) is 9.57. The number of carbonyl (C=O) groups is 2. The van der Waals surface area contributed by atoms with Crippen LogP contribution >= 0.6 is 11.6 Å². The van der Waals surface area contributed by atoms with E-state index in [0.717, 1.165) is 31.5 Å². The molecule has 1 aliphatic heterocycles. The predicted octanol–water partition coefficient (Wildman–Crippen LogP) is 4.95. The molecule has 7 nitrogen and oxygen atoms in total. The highest BCUT2D eigenvalue weighted by Crippen LogP contribution is 2.26. The van der Waals surface area contributed by atoms with E-state index in [2.05, 4.69) is 10.4 Å². The highest BCUT2D eigenvalue weighted by atomic mass is 35.5. The van der Waals surface area contributed by atoms with Crippen LogP contribution in [0.1, 0.15) is 39.3 Å². The van der Waals surface area contributed by atoms with Gasteiger partial charge in [0.05, 0.1) is 12.0 Å². The number of rotatable bonds is 6. The highest BCUT2D eigenvalue weighted by Gasteiger charge is 2.21. The van der Waals surface area contributed by atoms with Crippen molar-refractivity contribution in [3.8, 4) is 17.1 Å². The Morgan fingerprint density at radius 2 is 1.82 bits per heavy atom. The van der Waals surface area contributed by atoms with Gasteiger partial charge >= 0.3 is 0 Å². The standard InChI is InChI=1S/C26H23ClN4O3/c27-20-8-4-9-21(15-20)31-23(24-10-5-13-34-24)16-22(29-31)25(32)28-17-18-6-3-7-19(14-18)26(33)30-11-1-2-12-30/h3-10,13-16H,1-2,11-12,17H2,(H,28,32). The summed E-state index contributed by atoms with van der Waals surface area (Å²) >= 11 is 6.16. The molecule has 0 unspecified atom stereocenters. The van der Waals surface area contributed by atoms with Gasteiger partial charge in [-0.25, -0.2) is 4.68 Å². The average molecular weight is 475 g/mol. The molecule has 0 saturated carbocycles. The molecule has 3 heterocycles. The van der Waals surface area contributed by atoms with Crippen LogP contribution in [-0.4, -0.2) is 39.6 Å². The number of nitrogens with zero attached hydrogens (tertiary/aromatic N) is 3. The second-order valence-corrected chi connectivity index (χ2v) is 8.60. The maximum atomic E-state index is 13.0. The first-order chi connectivity index (χ1) is 16.6. The summed E-state index contributed by atoms with van der Waals surface area (Å²) < 4.78 is 7.18. The molecule has 0 radical (unpaired) electrons. The normalized spacial score (nSPS) is 13.3. The number of halogens is 1. The summed E-state index contributed by atoms with van der Waals surface area (Å²) in [5.41, 5.74) is 3.08. The van der Waals surface area contributed by atoms with E-state index < -0.39 is 0 Å². The minimum absolute atomic E-state index is 0.0361. The van der Waals surface area contributed by atoms with E-state index in [1.165, 1.54) is 0 Å². The molecule has 8 heteroatoms. The number of aromatic nitrogens is 2. The van der Waals surface area contributed by atoms with Crippen molar-refractivity contribution in [1.29, 1.82) is 0 Å². The fourth-order valence-electron chi connectivity index (χ4n) is 4.09. The van der Waals surface area contributed by atoms with Crippen molar-refractivity contribution < 1.29 is 14.0 Å². The van der Waals surface area contributed by atoms with Crippen LogP contribution in [0.4, 0.5) is 0 Å². The summed E-state index contributed by atoms with van der Waals surface area (Å²) in [6.45, 7) is 1.88. The number of amides is 2. The topological polar surface area (TPSA) is 80.4 Å². The van der Waals surface area contributed by atoms with Gasteiger partial charge in [-0.05, 0) is 60.9 Å². The third kappa shape index (κ3) is 4.61. The number of likely N-dealkylation sites (tertiary alicyclic amines) is 1. The molecular formula is C26H23ClN4O3. The van der Waals surface area contributed by atoms with E-state index >= 15 is 0 Å². The van der Waals surface area contributed by atoms with E-state index in [1.54, 1.807) is 35.2 Å². The summed E-state index contributed by atoms with van der Waals surface area (Å²) in [7, 11) is 0. The lowest BCUT2D eigenvalue weighted by Gasteiger charge is -2.15. The Labute approximate surface area is 201 Å². The van der Waals surface area contributed by atoms with Gasteiger partial charge in [0.15, 0.2) is 11.5 Å². The lowest BCUT2D eigenvalue weighted by molar-refractivity contribution is 0.0792. The number of benzene rings is 2. The molecule has 1 N–H and O–H groups in total. The fourth-order valence-corrected chi connectivity index (χ4v) is 4.27. The van der Waals surface area contributed by atoms with Gasteiger partial charge in [0.1, 0.15) is 5.69 Å². The summed E-state index contributed by atoms with van der Waals surface area (Å²) in [6, 6.07) is 19.9. The molecular weight excluding hydrogens is 452 g/mol. The van der Waals surface area contributed by atoms with Crippen molar-refractivity contribution in [1.82, 2.24) is 20.0 Å². The van der Waals surface area contributed by atoms with Crippen LogP contribution in [-0.2, 0) is 6.54 Å². The summed E-state index contributed by atoms with van der Waals surface area (Å²) in [5, 5.41) is 7.98. The van der Waals surface area contributed by atoms with Crippen molar-refractivity contribution in [3.05, 3.63) is 94.8 Å². The van der Waals surface area contributed by atoms with Crippen molar-refractivity contribution in [2.24, 2.45) is 0 Å². The van der Waals surface area contributed by atoms with Crippen molar-refractivity contribution in [2.75, 3.05) is 13.1 Å². The summed E-state index contributed by atoms with van der Waals surface area (Å²) in [4.78, 5) is 27.5.